The Bertz CT molecular complexity index is 766. The Morgan fingerprint density at radius 2 is 1.48 bits per heavy atom. The second-order valence-electron chi connectivity index (χ2n) is 9.50. The number of hydrogen-bond donors (Lipinski definition) is 0. The van der Waals surface area contributed by atoms with Gasteiger partial charge in [-0.15, -0.1) is 0 Å². The van der Waals surface area contributed by atoms with Gasteiger partial charge in [0.05, 0.1) is 0 Å². The molecule has 0 fully saturated rings. The van der Waals surface area contributed by atoms with Gasteiger partial charge in [0.25, 0.3) is 0 Å². The molecule has 2 aromatic rings. The van der Waals surface area contributed by atoms with Crippen molar-refractivity contribution in [2.45, 2.75) is 99.0 Å². The molecule has 3 nitrogen and oxygen atoms in total. The van der Waals surface area contributed by atoms with Crippen molar-refractivity contribution in [3.05, 3.63) is 30.5 Å². The molecule has 1 aromatic heterocycles. The summed E-state index contributed by atoms with van der Waals surface area (Å²) in [6.07, 6.45) is 9.47. The Labute approximate surface area is 182 Å². The number of benzene rings is 1. The van der Waals surface area contributed by atoms with Crippen LogP contribution in [-0.2, 0) is 4.74 Å². The summed E-state index contributed by atoms with van der Waals surface area (Å²) in [4.78, 5) is 12.8. The van der Waals surface area contributed by atoms with Crippen LogP contribution < -0.4 is 3.58 Å². The number of carbonyl (C=O) groups excluding carboxylic acids is 1. The first-order chi connectivity index (χ1) is 13.8. The molecule has 0 radical (unpaired) electrons. The molecular weight excluding hydrogens is 465 g/mol. The Morgan fingerprint density at radius 1 is 0.931 bits per heavy atom. The van der Waals surface area contributed by atoms with Gasteiger partial charge in [-0.25, -0.2) is 0 Å². The van der Waals surface area contributed by atoms with Crippen LogP contribution in [0.1, 0.15) is 80.1 Å². The second-order valence-corrected chi connectivity index (χ2v) is 22.6. The quantitative estimate of drug-likeness (QED) is 0.313. The average molecular weight is 506 g/mol. The zero-order valence-electron chi connectivity index (χ0n) is 19.5. The molecule has 2 rings (SSSR count). The molecule has 1 heterocycles. The van der Waals surface area contributed by atoms with Crippen LogP contribution in [0.15, 0.2) is 30.5 Å². The van der Waals surface area contributed by atoms with Crippen LogP contribution >= 0.6 is 0 Å². The topological polar surface area (TPSA) is 31.2 Å². The number of ether oxygens (including phenoxy) is 1. The number of nitrogens with zero attached hydrogens (tertiary/aromatic N) is 1. The van der Waals surface area contributed by atoms with Gasteiger partial charge in [0.15, 0.2) is 0 Å². The van der Waals surface area contributed by atoms with Gasteiger partial charge in [0.2, 0.25) is 0 Å². The van der Waals surface area contributed by atoms with Crippen molar-refractivity contribution < 1.29 is 9.53 Å². The standard InChI is InChI=1S/C13H14NO2.3C4H9.Sn/c1-13(2,3)16-12(15)14-9-8-10-6-4-5-7-11(10)14;3*1-3-4-2;/h4-5,7-9H,1-3H3;3*1,3-4H2,2H3;. The molecule has 162 valence electrons. The van der Waals surface area contributed by atoms with Gasteiger partial charge < -0.3 is 0 Å². The minimum absolute atomic E-state index is 0.277. The first-order valence-electron chi connectivity index (χ1n) is 11.6. The zero-order chi connectivity index (χ0) is 21.5. The monoisotopic (exact) mass is 507 g/mol. The van der Waals surface area contributed by atoms with E-state index in [2.05, 4.69) is 45.0 Å². The molecule has 1 aromatic carbocycles. The van der Waals surface area contributed by atoms with E-state index in [1.54, 1.807) is 8.15 Å². The Balaban J connectivity index is 2.55. The van der Waals surface area contributed by atoms with Crippen molar-refractivity contribution in [3.63, 3.8) is 0 Å². The van der Waals surface area contributed by atoms with E-state index in [0.717, 1.165) is 5.52 Å². The molecular formula is C25H41NO2Sn. The average Bonchev–Trinajstić information content (AvgIpc) is 3.11. The SMILES string of the molecule is CCC[CH2][Sn]([CH2]CCC)([CH2]CCC)[c]1cccc2c1ccn2C(=O)OC(C)(C)C. The van der Waals surface area contributed by atoms with Gasteiger partial charge in [-0.2, -0.15) is 0 Å². The van der Waals surface area contributed by atoms with Crippen LogP contribution in [0.4, 0.5) is 4.79 Å². The zero-order valence-corrected chi connectivity index (χ0v) is 22.4. The van der Waals surface area contributed by atoms with Crippen molar-refractivity contribution in [1.82, 2.24) is 4.57 Å². The minimum atomic E-state index is -2.57. The van der Waals surface area contributed by atoms with Gasteiger partial charge in [-0.3, -0.25) is 0 Å². The number of fused-ring (bicyclic) bond motifs is 1. The van der Waals surface area contributed by atoms with Crippen molar-refractivity contribution in [1.29, 1.82) is 0 Å². The maximum absolute atomic E-state index is 12.8. The fourth-order valence-electron chi connectivity index (χ4n) is 4.42. The van der Waals surface area contributed by atoms with E-state index in [1.807, 2.05) is 27.0 Å². The molecule has 0 amide bonds. The van der Waals surface area contributed by atoms with Gasteiger partial charge in [0, 0.05) is 0 Å². The van der Waals surface area contributed by atoms with Crippen molar-refractivity contribution in [3.8, 4) is 0 Å². The summed E-state index contributed by atoms with van der Waals surface area (Å²) < 4.78 is 13.3. The molecule has 0 aliphatic heterocycles. The van der Waals surface area contributed by atoms with Gasteiger partial charge >= 0.3 is 182 Å². The van der Waals surface area contributed by atoms with Crippen LogP contribution in [0.3, 0.4) is 0 Å². The summed E-state index contributed by atoms with van der Waals surface area (Å²) >= 11 is -2.57. The first-order valence-corrected chi connectivity index (χ1v) is 19.1. The third-order valence-corrected chi connectivity index (χ3v) is 21.6. The fourth-order valence-corrected chi connectivity index (χ4v) is 21.2. The predicted molar refractivity (Wildman–Crippen MR) is 128 cm³/mol. The second kappa shape index (κ2) is 10.9. The van der Waals surface area contributed by atoms with Gasteiger partial charge in [-0.05, 0) is 0 Å². The van der Waals surface area contributed by atoms with E-state index in [4.69, 9.17) is 4.74 Å². The first kappa shape index (κ1) is 24.3. The van der Waals surface area contributed by atoms with Crippen LogP contribution in [0, 0.1) is 0 Å². The third-order valence-electron chi connectivity index (χ3n) is 5.92. The number of unbranched alkanes of at least 4 members (excludes halogenated alkanes) is 3. The van der Waals surface area contributed by atoms with E-state index in [-0.39, 0.29) is 6.09 Å². The summed E-state index contributed by atoms with van der Waals surface area (Å²) in [6.45, 7) is 12.7. The number of carbonyl (C=O) groups is 1. The number of hydrogen-bond acceptors (Lipinski definition) is 2. The van der Waals surface area contributed by atoms with Gasteiger partial charge in [-0.1, -0.05) is 0 Å². The molecule has 0 N–H and O–H groups in total. The number of aromatic nitrogens is 1. The van der Waals surface area contributed by atoms with E-state index >= 15 is 0 Å². The third kappa shape index (κ3) is 6.25. The molecule has 0 aliphatic carbocycles. The summed E-state index contributed by atoms with van der Waals surface area (Å²) in [5, 5.41) is 1.30. The Morgan fingerprint density at radius 3 is 1.97 bits per heavy atom. The summed E-state index contributed by atoms with van der Waals surface area (Å²) in [6, 6.07) is 8.83. The summed E-state index contributed by atoms with van der Waals surface area (Å²) in [5.74, 6) is 0. The Hall–Kier alpha value is -0.971. The predicted octanol–water partition coefficient (Wildman–Crippen LogP) is 7.48. The van der Waals surface area contributed by atoms with E-state index in [0.29, 0.717) is 0 Å². The van der Waals surface area contributed by atoms with E-state index in [9.17, 15) is 4.79 Å². The van der Waals surface area contributed by atoms with Crippen LogP contribution in [0.2, 0.25) is 13.3 Å². The molecule has 0 spiro atoms. The summed E-state index contributed by atoms with van der Waals surface area (Å²) in [5.41, 5.74) is 0.528. The molecule has 0 aliphatic rings. The van der Waals surface area contributed by atoms with Crippen molar-refractivity contribution in [2.75, 3.05) is 0 Å². The molecule has 4 heteroatoms. The molecule has 0 bridgehead atoms. The van der Waals surface area contributed by atoms with E-state index < -0.39 is 24.0 Å². The van der Waals surface area contributed by atoms with E-state index in [1.165, 1.54) is 57.2 Å². The molecule has 0 atom stereocenters. The van der Waals surface area contributed by atoms with Crippen LogP contribution in [0.25, 0.3) is 10.9 Å². The van der Waals surface area contributed by atoms with Crippen molar-refractivity contribution >= 4 is 39.0 Å². The molecule has 0 saturated carbocycles. The molecule has 29 heavy (non-hydrogen) atoms. The summed E-state index contributed by atoms with van der Waals surface area (Å²) in [7, 11) is 0. The van der Waals surface area contributed by atoms with Crippen molar-refractivity contribution in [2.24, 2.45) is 0 Å². The van der Waals surface area contributed by atoms with Gasteiger partial charge in [0.1, 0.15) is 0 Å². The Kier molecular flexibility index (Phi) is 9.11. The maximum atomic E-state index is 12.8. The molecule has 0 unspecified atom stereocenters. The fraction of sp³-hybridized carbons (Fsp3) is 0.640. The number of rotatable bonds is 10. The normalized spacial score (nSPS) is 12.5. The molecule has 0 saturated heterocycles. The van der Waals surface area contributed by atoms with Crippen LogP contribution in [-0.4, -0.2) is 34.6 Å². The van der Waals surface area contributed by atoms with Crippen LogP contribution in [0.5, 0.6) is 0 Å².